The van der Waals surface area contributed by atoms with Gasteiger partial charge in [0.05, 0.1) is 6.04 Å². The maximum Gasteiger partial charge on any atom is 0.261 e. The van der Waals surface area contributed by atoms with E-state index in [2.05, 4.69) is 11.8 Å². The lowest BCUT2D eigenvalue weighted by Gasteiger charge is -2.57. The van der Waals surface area contributed by atoms with E-state index in [1.165, 1.54) is 10.8 Å². The van der Waals surface area contributed by atoms with Crippen molar-refractivity contribution in [3.05, 3.63) is 23.8 Å². The number of carbonyl (C=O) groups excluding carboxylic acids is 2. The van der Waals surface area contributed by atoms with Crippen LogP contribution in [0, 0.1) is 5.41 Å². The fourth-order valence-corrected chi connectivity index (χ4v) is 8.99. The van der Waals surface area contributed by atoms with Crippen molar-refractivity contribution in [2.45, 2.75) is 36.1 Å². The summed E-state index contributed by atoms with van der Waals surface area (Å²) in [7, 11) is 8.89. The van der Waals surface area contributed by atoms with Gasteiger partial charge in [-0.25, -0.2) is 0 Å². The molecule has 5 aliphatic heterocycles. The first kappa shape index (κ1) is 19.4. The third kappa shape index (κ3) is 2.38. The number of amides is 2. The number of nitrogens with zero attached hydrogens (tertiary/aromatic N) is 3. The quantitative estimate of drug-likeness (QED) is 0.676. The minimum Gasteiger partial charge on any atom is -0.454 e. The topological polar surface area (TPSA) is 62.3 Å². The van der Waals surface area contributed by atoms with Crippen LogP contribution in [0.25, 0.3) is 0 Å². The Hall–Kier alpha value is -1.58. The Labute approximate surface area is 178 Å². The fourth-order valence-electron chi connectivity index (χ4n) is 5.38. The SMILES string of the molecule is CN(C)C[C@@]1(C)C[C@@]23SSC(C)(C(=O)N2[C@H]1c1ccc2c(c1)OCO2)N(C)C3=O. The number of likely N-dealkylation sites (N-methyl/N-ethyl adjacent to an activating group) is 1. The molecule has 156 valence electrons. The van der Waals surface area contributed by atoms with Gasteiger partial charge in [-0.05, 0) is 45.1 Å². The van der Waals surface area contributed by atoms with Crippen LogP contribution >= 0.6 is 21.6 Å². The number of piperazine rings is 1. The minimum atomic E-state index is -0.887. The summed E-state index contributed by atoms with van der Waals surface area (Å²) in [5.41, 5.74) is 0.688. The number of benzene rings is 1. The Balaban J connectivity index is 1.69. The van der Waals surface area contributed by atoms with Gasteiger partial charge < -0.3 is 24.2 Å². The summed E-state index contributed by atoms with van der Waals surface area (Å²) in [6, 6.07) is 5.67. The number of ether oxygens (including phenoxy) is 2. The summed E-state index contributed by atoms with van der Waals surface area (Å²) < 4.78 is 11.1. The highest BCUT2D eigenvalue weighted by molar-refractivity contribution is 8.78. The Morgan fingerprint density at radius 2 is 1.86 bits per heavy atom. The third-order valence-electron chi connectivity index (χ3n) is 6.58. The molecule has 4 atom stereocenters. The lowest BCUT2D eigenvalue weighted by Crippen LogP contribution is -2.73. The largest absolute Gasteiger partial charge is 0.454 e. The summed E-state index contributed by atoms with van der Waals surface area (Å²) in [6.45, 7) is 5.01. The highest BCUT2D eigenvalue weighted by atomic mass is 33.1. The van der Waals surface area contributed by atoms with E-state index in [1.54, 1.807) is 22.7 Å². The van der Waals surface area contributed by atoms with Gasteiger partial charge in [-0.15, -0.1) is 0 Å². The Morgan fingerprint density at radius 3 is 2.59 bits per heavy atom. The standard InChI is InChI=1S/C20H25N3O4S2/c1-18(10-21(3)4)9-20-17(25)22(5)19(2,28-29-20)16(24)23(20)15(18)12-6-7-13-14(8-12)27-11-26-13/h6-8,15H,9-11H2,1-5H3/t15-,18+,19?,20-/m0/s1. The highest BCUT2D eigenvalue weighted by Gasteiger charge is 2.74. The molecule has 0 aromatic heterocycles. The molecule has 1 spiro atoms. The van der Waals surface area contributed by atoms with Gasteiger partial charge >= 0.3 is 0 Å². The number of rotatable bonds is 3. The molecule has 1 unspecified atom stereocenters. The van der Waals surface area contributed by atoms with Crippen LogP contribution in [-0.2, 0) is 9.59 Å². The van der Waals surface area contributed by atoms with E-state index >= 15 is 0 Å². The van der Waals surface area contributed by atoms with Crippen LogP contribution < -0.4 is 9.47 Å². The van der Waals surface area contributed by atoms with Gasteiger partial charge in [-0.2, -0.15) is 0 Å². The van der Waals surface area contributed by atoms with Gasteiger partial charge in [0.1, 0.15) is 0 Å². The predicted molar refractivity (Wildman–Crippen MR) is 113 cm³/mol. The monoisotopic (exact) mass is 435 g/mol. The third-order valence-corrected chi connectivity index (χ3v) is 10.3. The van der Waals surface area contributed by atoms with Crippen molar-refractivity contribution in [2.75, 3.05) is 34.5 Å². The van der Waals surface area contributed by atoms with Gasteiger partial charge in [0.2, 0.25) is 6.79 Å². The van der Waals surface area contributed by atoms with Crippen molar-refractivity contribution in [3.63, 3.8) is 0 Å². The predicted octanol–water partition coefficient (Wildman–Crippen LogP) is 2.54. The number of fused-ring (bicyclic) bond motifs is 3. The molecule has 2 amide bonds. The van der Waals surface area contributed by atoms with Crippen molar-refractivity contribution < 1.29 is 19.1 Å². The summed E-state index contributed by atoms with van der Waals surface area (Å²) >= 11 is 0. The van der Waals surface area contributed by atoms with Crippen molar-refractivity contribution in [2.24, 2.45) is 5.41 Å². The molecule has 5 heterocycles. The molecular weight excluding hydrogens is 410 g/mol. The van der Waals surface area contributed by atoms with Crippen molar-refractivity contribution >= 4 is 33.4 Å². The first-order chi connectivity index (χ1) is 13.6. The van der Waals surface area contributed by atoms with Crippen LogP contribution in [0.3, 0.4) is 0 Å². The number of hydrogen-bond acceptors (Lipinski definition) is 7. The van der Waals surface area contributed by atoms with Gasteiger partial charge in [-0.1, -0.05) is 34.6 Å². The van der Waals surface area contributed by atoms with Crippen LogP contribution in [0.1, 0.15) is 31.9 Å². The molecule has 6 rings (SSSR count). The van der Waals surface area contributed by atoms with Gasteiger partial charge in [0.25, 0.3) is 11.8 Å². The molecule has 4 fully saturated rings. The molecule has 0 N–H and O–H groups in total. The number of carbonyl (C=O) groups is 2. The van der Waals surface area contributed by atoms with Gasteiger partial charge in [0, 0.05) is 19.0 Å². The van der Waals surface area contributed by atoms with Crippen LogP contribution in [0.15, 0.2) is 18.2 Å². The molecule has 5 aliphatic rings. The van der Waals surface area contributed by atoms with E-state index in [-0.39, 0.29) is 30.1 Å². The molecule has 0 aliphatic carbocycles. The maximum absolute atomic E-state index is 13.8. The summed E-state index contributed by atoms with van der Waals surface area (Å²) in [5.74, 6) is 1.45. The van der Waals surface area contributed by atoms with Crippen LogP contribution in [0.2, 0.25) is 0 Å². The first-order valence-corrected chi connectivity index (χ1v) is 11.8. The second-order valence-corrected chi connectivity index (χ2v) is 11.9. The van der Waals surface area contributed by atoms with Crippen molar-refractivity contribution in [1.82, 2.24) is 14.7 Å². The summed E-state index contributed by atoms with van der Waals surface area (Å²) in [4.78, 5) is 31.2. The average Bonchev–Trinajstić information content (AvgIpc) is 3.22. The fraction of sp³-hybridized carbons (Fsp3) is 0.600. The molecule has 2 bridgehead atoms. The Morgan fingerprint density at radius 1 is 1.14 bits per heavy atom. The van der Waals surface area contributed by atoms with Gasteiger partial charge in [-0.3, -0.25) is 9.59 Å². The molecular formula is C20H25N3O4S2. The number of hydrogen-bond donors (Lipinski definition) is 0. The smallest absolute Gasteiger partial charge is 0.261 e. The first-order valence-electron chi connectivity index (χ1n) is 9.66. The van der Waals surface area contributed by atoms with Gasteiger partial charge in [0.15, 0.2) is 21.2 Å². The Bertz CT molecular complexity index is 927. The van der Waals surface area contributed by atoms with E-state index in [0.717, 1.165) is 17.9 Å². The highest BCUT2D eigenvalue weighted by Crippen LogP contribution is 2.69. The van der Waals surface area contributed by atoms with Crippen molar-refractivity contribution in [3.8, 4) is 11.5 Å². The van der Waals surface area contributed by atoms with E-state index < -0.39 is 9.74 Å². The molecule has 9 heteroatoms. The zero-order chi connectivity index (χ0) is 20.8. The molecule has 7 nitrogen and oxygen atoms in total. The second-order valence-electron chi connectivity index (χ2n) is 9.06. The lowest BCUT2D eigenvalue weighted by atomic mass is 9.77. The zero-order valence-electron chi connectivity index (χ0n) is 17.2. The molecule has 29 heavy (non-hydrogen) atoms. The summed E-state index contributed by atoms with van der Waals surface area (Å²) in [6.07, 6.45) is 0.611. The average molecular weight is 436 g/mol. The molecule has 4 saturated heterocycles. The Kier molecular flexibility index (Phi) is 4.00. The zero-order valence-corrected chi connectivity index (χ0v) is 18.9. The minimum absolute atomic E-state index is 0.00787. The summed E-state index contributed by atoms with van der Waals surface area (Å²) in [5, 5.41) is 0. The van der Waals surface area contributed by atoms with Crippen molar-refractivity contribution in [1.29, 1.82) is 0 Å². The molecule has 1 aromatic carbocycles. The van der Waals surface area contributed by atoms with E-state index in [9.17, 15) is 9.59 Å². The van der Waals surface area contributed by atoms with Crippen LogP contribution in [-0.4, -0.2) is 70.7 Å². The van der Waals surface area contributed by atoms with E-state index in [1.807, 2.05) is 44.1 Å². The van der Waals surface area contributed by atoms with Crippen LogP contribution in [0.4, 0.5) is 0 Å². The van der Waals surface area contributed by atoms with E-state index in [4.69, 9.17) is 9.47 Å². The van der Waals surface area contributed by atoms with Crippen LogP contribution in [0.5, 0.6) is 11.5 Å². The maximum atomic E-state index is 13.8. The lowest BCUT2D eigenvalue weighted by molar-refractivity contribution is -0.164. The second kappa shape index (κ2) is 5.98. The molecule has 0 saturated carbocycles. The molecule has 0 radical (unpaired) electrons. The molecule has 1 aromatic rings. The van der Waals surface area contributed by atoms with E-state index in [0.29, 0.717) is 12.2 Å². The normalized spacial score (nSPS) is 37.7.